The van der Waals surface area contributed by atoms with Gasteiger partial charge in [0.25, 0.3) is 0 Å². The van der Waals surface area contributed by atoms with E-state index in [0.29, 0.717) is 27.7 Å². The van der Waals surface area contributed by atoms with E-state index in [1.807, 2.05) is 60.7 Å². The molecule has 1 saturated heterocycles. The molecule has 222 valence electrons. The molecule has 5 aromatic rings. The average molecular weight is 635 g/mol. The zero-order chi connectivity index (χ0) is 31.3. The highest BCUT2D eigenvalue weighted by Crippen LogP contribution is 2.35. The molecule has 0 spiro atoms. The Bertz CT molecular complexity index is 1890. The first-order chi connectivity index (χ1) is 21.9. The molecule has 1 aromatic heterocycles. The summed E-state index contributed by atoms with van der Waals surface area (Å²) in [6.07, 6.45) is -0.0510. The Balaban J connectivity index is 1.14. The SMILES string of the molecule is O=C(COC(=O)c1ccc(N2C(=O)CC(Sc3nnc(-c4ccccc4)c(-c4ccccc4)n3)C2=O)cc1)c1ccc(Cl)cc1. The molecule has 11 heteroatoms. The van der Waals surface area contributed by atoms with E-state index >= 15 is 0 Å². The fraction of sp³-hybridized carbons (Fsp3) is 0.0882. The fourth-order valence-electron chi connectivity index (χ4n) is 4.72. The summed E-state index contributed by atoms with van der Waals surface area (Å²) in [5.41, 5.74) is 3.76. The Kier molecular flexibility index (Phi) is 8.77. The van der Waals surface area contributed by atoms with E-state index in [0.717, 1.165) is 27.8 Å². The number of hydrogen-bond donors (Lipinski definition) is 0. The van der Waals surface area contributed by atoms with E-state index in [1.165, 1.54) is 24.3 Å². The van der Waals surface area contributed by atoms with Crippen LogP contribution in [0.3, 0.4) is 0 Å². The maximum absolute atomic E-state index is 13.4. The Labute approximate surface area is 267 Å². The number of rotatable bonds is 9. The quantitative estimate of drug-likeness (QED) is 0.104. The number of nitrogens with zero attached hydrogens (tertiary/aromatic N) is 4. The van der Waals surface area contributed by atoms with Crippen LogP contribution in [0.4, 0.5) is 5.69 Å². The van der Waals surface area contributed by atoms with Gasteiger partial charge in [-0.25, -0.2) is 14.7 Å². The molecule has 0 aliphatic carbocycles. The van der Waals surface area contributed by atoms with Crippen LogP contribution in [-0.2, 0) is 14.3 Å². The standard InChI is InChI=1S/C34H23ClN4O5S/c35-25-15-11-21(12-16-25)27(40)20-44-33(43)24-13-17-26(18-14-24)39-29(41)19-28(32(39)42)45-34-36-30(22-7-3-1-4-8-22)31(37-38-34)23-9-5-2-6-10-23/h1-18,28H,19-20H2. The minimum atomic E-state index is -0.756. The number of benzene rings is 4. The highest BCUT2D eigenvalue weighted by Gasteiger charge is 2.41. The molecule has 9 nitrogen and oxygen atoms in total. The van der Waals surface area contributed by atoms with Crippen molar-refractivity contribution in [2.45, 2.75) is 16.8 Å². The highest BCUT2D eigenvalue weighted by molar-refractivity contribution is 8.00. The summed E-state index contributed by atoms with van der Waals surface area (Å²) in [6.45, 7) is -0.445. The van der Waals surface area contributed by atoms with Crippen LogP contribution in [0, 0.1) is 0 Å². The second-order valence-corrected chi connectivity index (χ2v) is 11.6. The minimum absolute atomic E-state index is 0.0510. The first-order valence-corrected chi connectivity index (χ1v) is 15.1. The van der Waals surface area contributed by atoms with Crippen LogP contribution in [0.1, 0.15) is 27.1 Å². The summed E-state index contributed by atoms with van der Waals surface area (Å²) in [7, 11) is 0. The molecular formula is C34H23ClN4O5S. The Morgan fingerprint density at radius 2 is 1.38 bits per heavy atom. The number of hydrogen-bond acceptors (Lipinski definition) is 9. The molecule has 0 bridgehead atoms. The molecule has 0 saturated carbocycles. The molecule has 0 N–H and O–H groups in total. The second kappa shape index (κ2) is 13.2. The molecule has 0 radical (unpaired) electrons. The molecule has 1 aliphatic heterocycles. The van der Waals surface area contributed by atoms with Gasteiger partial charge >= 0.3 is 5.97 Å². The van der Waals surface area contributed by atoms with Crippen LogP contribution in [-0.4, -0.2) is 50.6 Å². The van der Waals surface area contributed by atoms with E-state index in [2.05, 4.69) is 10.2 Å². The van der Waals surface area contributed by atoms with Crippen LogP contribution < -0.4 is 4.90 Å². The lowest BCUT2D eigenvalue weighted by Crippen LogP contribution is -2.31. The van der Waals surface area contributed by atoms with Crippen LogP contribution in [0.15, 0.2) is 114 Å². The van der Waals surface area contributed by atoms with Crippen molar-refractivity contribution < 1.29 is 23.9 Å². The number of carbonyl (C=O) groups excluding carboxylic acids is 4. The number of amides is 2. The molecule has 2 heterocycles. The third-order valence-electron chi connectivity index (χ3n) is 6.98. The number of carbonyl (C=O) groups is 4. The van der Waals surface area contributed by atoms with Crippen molar-refractivity contribution in [1.82, 2.24) is 15.2 Å². The number of ketones is 1. The Morgan fingerprint density at radius 1 is 0.778 bits per heavy atom. The van der Waals surface area contributed by atoms with Gasteiger partial charge in [0, 0.05) is 28.1 Å². The van der Waals surface area contributed by atoms with Crippen molar-refractivity contribution in [3.63, 3.8) is 0 Å². The summed E-state index contributed by atoms with van der Waals surface area (Å²) in [5.74, 6) is -1.91. The van der Waals surface area contributed by atoms with Gasteiger partial charge in [-0.05, 0) is 48.5 Å². The normalized spacial score (nSPS) is 14.4. The smallest absolute Gasteiger partial charge is 0.338 e. The van der Waals surface area contributed by atoms with Crippen LogP contribution in [0.2, 0.25) is 5.02 Å². The molecule has 6 rings (SSSR count). The molecule has 45 heavy (non-hydrogen) atoms. The summed E-state index contributed by atoms with van der Waals surface area (Å²) in [5, 5.41) is 8.74. The molecule has 4 aromatic carbocycles. The van der Waals surface area contributed by atoms with Crippen molar-refractivity contribution in [3.05, 3.63) is 125 Å². The number of ether oxygens (including phenoxy) is 1. The topological polar surface area (TPSA) is 119 Å². The van der Waals surface area contributed by atoms with Crippen molar-refractivity contribution in [1.29, 1.82) is 0 Å². The summed E-state index contributed by atoms with van der Waals surface area (Å²) in [6, 6.07) is 31.2. The van der Waals surface area contributed by atoms with E-state index in [1.54, 1.807) is 24.3 Å². The monoisotopic (exact) mass is 634 g/mol. The highest BCUT2D eigenvalue weighted by atomic mass is 35.5. The van der Waals surface area contributed by atoms with Crippen LogP contribution in [0.25, 0.3) is 22.5 Å². The van der Waals surface area contributed by atoms with E-state index in [-0.39, 0.29) is 22.9 Å². The number of esters is 1. The average Bonchev–Trinajstić information content (AvgIpc) is 3.36. The predicted molar refractivity (Wildman–Crippen MR) is 170 cm³/mol. The third kappa shape index (κ3) is 6.67. The van der Waals surface area contributed by atoms with Gasteiger partial charge in [0.1, 0.15) is 16.6 Å². The fourth-order valence-corrected chi connectivity index (χ4v) is 5.77. The number of thioether (sulfide) groups is 1. The molecule has 1 fully saturated rings. The van der Waals surface area contributed by atoms with Gasteiger partial charge in [0.05, 0.1) is 11.3 Å². The van der Waals surface area contributed by atoms with E-state index in [9.17, 15) is 19.2 Å². The Hall–Kier alpha value is -5.19. The van der Waals surface area contributed by atoms with Gasteiger partial charge in [-0.2, -0.15) is 0 Å². The lowest BCUT2D eigenvalue weighted by atomic mass is 10.0. The summed E-state index contributed by atoms with van der Waals surface area (Å²) < 4.78 is 5.15. The van der Waals surface area contributed by atoms with Gasteiger partial charge in [0.15, 0.2) is 12.4 Å². The predicted octanol–water partition coefficient (Wildman–Crippen LogP) is 6.32. The van der Waals surface area contributed by atoms with Crippen molar-refractivity contribution in [3.8, 4) is 22.5 Å². The van der Waals surface area contributed by atoms with Crippen LogP contribution >= 0.6 is 23.4 Å². The number of anilines is 1. The largest absolute Gasteiger partial charge is 0.454 e. The number of halogens is 1. The first kappa shape index (κ1) is 29.9. The third-order valence-corrected chi connectivity index (χ3v) is 8.26. The van der Waals surface area contributed by atoms with Crippen LogP contribution in [0.5, 0.6) is 0 Å². The van der Waals surface area contributed by atoms with Gasteiger partial charge in [-0.1, -0.05) is 84.0 Å². The zero-order valence-corrected chi connectivity index (χ0v) is 25.1. The number of Topliss-reactive ketones (excluding diaryl/α,β-unsaturated/α-hetero) is 1. The summed E-state index contributed by atoms with van der Waals surface area (Å²) in [4.78, 5) is 57.0. The zero-order valence-electron chi connectivity index (χ0n) is 23.5. The molecular weight excluding hydrogens is 612 g/mol. The maximum Gasteiger partial charge on any atom is 0.338 e. The second-order valence-electron chi connectivity index (χ2n) is 9.95. The van der Waals surface area contributed by atoms with Crippen molar-refractivity contribution in [2.75, 3.05) is 11.5 Å². The first-order valence-electron chi connectivity index (χ1n) is 13.8. The maximum atomic E-state index is 13.4. The van der Waals surface area contributed by atoms with Crippen molar-refractivity contribution in [2.24, 2.45) is 0 Å². The van der Waals surface area contributed by atoms with Gasteiger partial charge < -0.3 is 4.74 Å². The minimum Gasteiger partial charge on any atom is -0.454 e. The van der Waals surface area contributed by atoms with Gasteiger partial charge in [0.2, 0.25) is 17.0 Å². The van der Waals surface area contributed by atoms with Crippen molar-refractivity contribution >= 4 is 52.6 Å². The van der Waals surface area contributed by atoms with Gasteiger partial charge in [-0.3, -0.25) is 14.4 Å². The molecule has 1 atom stereocenters. The number of aromatic nitrogens is 3. The lowest BCUT2D eigenvalue weighted by molar-refractivity contribution is -0.121. The molecule has 1 unspecified atom stereocenters. The molecule has 2 amide bonds. The lowest BCUT2D eigenvalue weighted by Gasteiger charge is -2.15. The molecule has 1 aliphatic rings. The number of imide groups is 1. The van der Waals surface area contributed by atoms with Gasteiger partial charge in [-0.15, -0.1) is 10.2 Å². The van der Waals surface area contributed by atoms with E-state index in [4.69, 9.17) is 21.3 Å². The summed E-state index contributed by atoms with van der Waals surface area (Å²) >= 11 is 6.93. The van der Waals surface area contributed by atoms with E-state index < -0.39 is 29.6 Å². The Morgan fingerprint density at radius 3 is 2.02 bits per heavy atom.